The fourth-order valence-corrected chi connectivity index (χ4v) is 0. The van der Waals surface area contributed by atoms with E-state index in [4.69, 9.17) is 0 Å². The topological polar surface area (TPSA) is 0 Å². The molecule has 22 valence electrons. The molecular formula is C3H7Zn-. The summed E-state index contributed by atoms with van der Waals surface area (Å²) in [6.45, 7) is 4.00. The molecule has 0 bridgehead atoms. The fourth-order valence-electron chi connectivity index (χ4n) is 0. The van der Waals surface area contributed by atoms with Crippen molar-refractivity contribution in [3.05, 3.63) is 6.42 Å². The second-order valence-electron chi connectivity index (χ2n) is 0.577. The van der Waals surface area contributed by atoms with Gasteiger partial charge < -0.3 is 6.42 Å². The molecule has 0 fully saturated rings. The van der Waals surface area contributed by atoms with E-state index in [1.54, 1.807) is 0 Å². The third-order valence-electron chi connectivity index (χ3n) is 0. The van der Waals surface area contributed by atoms with Gasteiger partial charge in [0.2, 0.25) is 0 Å². The van der Waals surface area contributed by atoms with Crippen LogP contribution in [0.5, 0.6) is 0 Å². The van der Waals surface area contributed by atoms with Crippen molar-refractivity contribution in [3.63, 3.8) is 0 Å². The van der Waals surface area contributed by atoms with Crippen molar-refractivity contribution in [1.29, 1.82) is 0 Å². The first-order valence-electron chi connectivity index (χ1n) is 1.15. The molecule has 0 aliphatic heterocycles. The molecule has 0 unspecified atom stereocenters. The second kappa shape index (κ2) is 9.46. The third-order valence-corrected chi connectivity index (χ3v) is 0. The Hall–Kier alpha value is 0.623. The van der Waals surface area contributed by atoms with E-state index >= 15 is 0 Å². The summed E-state index contributed by atoms with van der Waals surface area (Å²) in [6.07, 6.45) is 2.00. The monoisotopic (exact) mass is 107 g/mol. The normalized spacial score (nSPS) is 4.50. The second-order valence-corrected chi connectivity index (χ2v) is 0.577. The van der Waals surface area contributed by atoms with E-state index in [-0.39, 0.29) is 19.5 Å². The van der Waals surface area contributed by atoms with Crippen LogP contribution in [0.1, 0.15) is 13.8 Å². The van der Waals surface area contributed by atoms with Crippen LogP contribution in [0.3, 0.4) is 0 Å². The van der Waals surface area contributed by atoms with Crippen molar-refractivity contribution in [2.45, 2.75) is 13.8 Å². The van der Waals surface area contributed by atoms with Crippen LogP contribution in [0.25, 0.3) is 0 Å². The van der Waals surface area contributed by atoms with Crippen LogP contribution in [-0.4, -0.2) is 0 Å². The molecular weight excluding hydrogens is 101 g/mol. The van der Waals surface area contributed by atoms with Gasteiger partial charge in [0.05, 0.1) is 0 Å². The number of hydrogen-bond donors (Lipinski definition) is 0. The number of hydrogen-bond acceptors (Lipinski definition) is 0. The fraction of sp³-hybridized carbons (Fsp3) is 0.667. The van der Waals surface area contributed by atoms with Gasteiger partial charge >= 0.3 is 0 Å². The Balaban J connectivity index is 0. The molecule has 0 rings (SSSR count). The summed E-state index contributed by atoms with van der Waals surface area (Å²) >= 11 is 0. The van der Waals surface area contributed by atoms with E-state index in [1.807, 2.05) is 20.3 Å². The Labute approximate surface area is 40.4 Å². The molecule has 0 aromatic rings. The minimum atomic E-state index is 0. The van der Waals surface area contributed by atoms with Crippen molar-refractivity contribution in [2.75, 3.05) is 0 Å². The van der Waals surface area contributed by atoms with Crippen molar-refractivity contribution in [1.82, 2.24) is 0 Å². The molecule has 0 aliphatic carbocycles. The zero-order chi connectivity index (χ0) is 2.71. The zero-order valence-corrected chi connectivity index (χ0v) is 6.25. The van der Waals surface area contributed by atoms with Gasteiger partial charge in [-0.15, -0.1) is 0 Å². The largest absolute Gasteiger partial charge is 0.335 e. The maximum Gasteiger partial charge on any atom is 0 e. The maximum absolute atomic E-state index is 2.00. The van der Waals surface area contributed by atoms with Gasteiger partial charge in [-0.1, -0.05) is 0 Å². The van der Waals surface area contributed by atoms with Gasteiger partial charge in [-0.25, -0.2) is 0 Å². The Morgan fingerprint density at radius 3 is 1.25 bits per heavy atom. The van der Waals surface area contributed by atoms with E-state index < -0.39 is 0 Å². The Kier molecular flexibility index (Phi) is 20.9. The molecule has 0 heterocycles. The van der Waals surface area contributed by atoms with Crippen LogP contribution in [0.4, 0.5) is 0 Å². The van der Waals surface area contributed by atoms with Crippen molar-refractivity contribution >= 4 is 0 Å². The molecule has 0 saturated heterocycles. The maximum atomic E-state index is 2.00. The number of rotatable bonds is 0. The first kappa shape index (κ1) is 8.82. The van der Waals surface area contributed by atoms with Gasteiger partial charge in [-0.05, 0) is 0 Å². The van der Waals surface area contributed by atoms with Crippen LogP contribution in [0.2, 0.25) is 0 Å². The van der Waals surface area contributed by atoms with Crippen LogP contribution in [0.15, 0.2) is 0 Å². The minimum absolute atomic E-state index is 0. The molecule has 0 N–H and O–H groups in total. The molecule has 0 aliphatic rings. The summed E-state index contributed by atoms with van der Waals surface area (Å²) < 4.78 is 0. The standard InChI is InChI=1S/C3H7.Zn/c1-3-2;/h3H,1-2H3;/q-1;. The van der Waals surface area contributed by atoms with Gasteiger partial charge in [-0.3, -0.25) is 0 Å². The van der Waals surface area contributed by atoms with Crippen molar-refractivity contribution in [3.8, 4) is 0 Å². The summed E-state index contributed by atoms with van der Waals surface area (Å²) in [6, 6.07) is 0. The predicted molar refractivity (Wildman–Crippen MR) is 15.6 cm³/mol. The molecule has 0 atom stereocenters. The summed E-state index contributed by atoms with van der Waals surface area (Å²) in [7, 11) is 0. The van der Waals surface area contributed by atoms with E-state index in [0.717, 1.165) is 0 Å². The molecule has 0 aromatic carbocycles. The Bertz CT molecular complexity index is 3.25. The first-order valence-corrected chi connectivity index (χ1v) is 1.15. The Morgan fingerprint density at radius 2 is 1.25 bits per heavy atom. The van der Waals surface area contributed by atoms with Gasteiger partial charge in [0.1, 0.15) is 0 Å². The van der Waals surface area contributed by atoms with E-state index in [2.05, 4.69) is 0 Å². The quantitative estimate of drug-likeness (QED) is 0.323. The summed E-state index contributed by atoms with van der Waals surface area (Å²) in [5.41, 5.74) is 0. The van der Waals surface area contributed by atoms with Crippen LogP contribution < -0.4 is 0 Å². The summed E-state index contributed by atoms with van der Waals surface area (Å²) in [5, 5.41) is 0. The molecule has 0 aromatic heterocycles. The average Bonchev–Trinajstić information content (AvgIpc) is 0.918. The van der Waals surface area contributed by atoms with Crippen LogP contribution in [-0.2, 0) is 19.5 Å². The molecule has 4 heavy (non-hydrogen) atoms. The third kappa shape index (κ3) is 17.8. The van der Waals surface area contributed by atoms with Gasteiger partial charge in [0.15, 0.2) is 0 Å². The molecule has 1 heteroatoms. The average molecular weight is 108 g/mol. The molecule has 0 saturated carbocycles. The smallest absolute Gasteiger partial charge is 0 e. The molecule has 0 amide bonds. The first-order chi connectivity index (χ1) is 1.41. The van der Waals surface area contributed by atoms with E-state index in [0.29, 0.717) is 0 Å². The minimum Gasteiger partial charge on any atom is -0.335 e. The van der Waals surface area contributed by atoms with E-state index in [1.165, 1.54) is 0 Å². The molecule has 0 spiro atoms. The Morgan fingerprint density at radius 1 is 1.25 bits per heavy atom. The predicted octanol–water partition coefficient (Wildman–Crippen LogP) is 1.23. The van der Waals surface area contributed by atoms with Gasteiger partial charge in [0.25, 0.3) is 0 Å². The molecule has 0 radical (unpaired) electrons. The van der Waals surface area contributed by atoms with E-state index in [9.17, 15) is 0 Å². The molecule has 0 nitrogen and oxygen atoms in total. The summed E-state index contributed by atoms with van der Waals surface area (Å²) in [4.78, 5) is 0. The van der Waals surface area contributed by atoms with Gasteiger partial charge in [-0.2, -0.15) is 13.8 Å². The van der Waals surface area contributed by atoms with Crippen molar-refractivity contribution < 1.29 is 19.5 Å². The van der Waals surface area contributed by atoms with Crippen LogP contribution in [0, 0.1) is 6.42 Å². The SMILES string of the molecule is C[CH-]C.[Zn]. The van der Waals surface area contributed by atoms with Gasteiger partial charge in [0, 0.05) is 19.5 Å². The van der Waals surface area contributed by atoms with Crippen LogP contribution >= 0.6 is 0 Å². The summed E-state index contributed by atoms with van der Waals surface area (Å²) in [5.74, 6) is 0. The van der Waals surface area contributed by atoms with Crippen molar-refractivity contribution in [2.24, 2.45) is 0 Å². The zero-order valence-electron chi connectivity index (χ0n) is 3.28.